The molecule has 1 aromatic carbocycles. The first-order valence-corrected chi connectivity index (χ1v) is 9.29. The van der Waals surface area contributed by atoms with E-state index < -0.39 is 0 Å². The van der Waals surface area contributed by atoms with Gasteiger partial charge < -0.3 is 24.4 Å². The molecule has 3 aliphatic rings. The molecule has 1 N–H and O–H groups in total. The summed E-state index contributed by atoms with van der Waals surface area (Å²) in [5.41, 5.74) is 0.593. The van der Waals surface area contributed by atoms with E-state index in [4.69, 9.17) is 14.2 Å². The van der Waals surface area contributed by atoms with Gasteiger partial charge in [-0.2, -0.15) is 0 Å². The Balaban J connectivity index is 1.27. The highest BCUT2D eigenvalue weighted by Crippen LogP contribution is 2.33. The van der Waals surface area contributed by atoms with Crippen molar-refractivity contribution in [2.75, 3.05) is 33.0 Å². The Hall–Kier alpha value is -2.28. The Kier molecular flexibility index (Phi) is 4.97. The molecule has 0 aliphatic carbocycles. The first-order valence-electron chi connectivity index (χ1n) is 9.29. The smallest absolute Gasteiger partial charge is 0.253 e. The lowest BCUT2D eigenvalue weighted by atomic mass is 9.95. The molecule has 3 aliphatic heterocycles. The number of ether oxygens (including phenoxy) is 3. The molecule has 2 amide bonds. The number of carbonyl (C=O) groups is 2. The number of benzene rings is 1. The lowest BCUT2D eigenvalue weighted by molar-refractivity contribution is -0.126. The number of nitrogens with one attached hydrogen (secondary N) is 1. The maximum absolute atomic E-state index is 12.7. The van der Waals surface area contributed by atoms with Crippen LogP contribution < -0.4 is 14.8 Å². The van der Waals surface area contributed by atoms with Crippen LogP contribution in [0.2, 0.25) is 0 Å². The second-order valence-corrected chi connectivity index (χ2v) is 7.01. The second-order valence-electron chi connectivity index (χ2n) is 7.01. The number of likely N-dealkylation sites (tertiary alicyclic amines) is 1. The minimum absolute atomic E-state index is 0.0264. The summed E-state index contributed by atoms with van der Waals surface area (Å²) in [6, 6.07) is 5.25. The molecule has 140 valence electrons. The van der Waals surface area contributed by atoms with E-state index in [0.717, 1.165) is 19.4 Å². The number of amides is 2. The fourth-order valence-corrected chi connectivity index (χ4v) is 3.72. The van der Waals surface area contributed by atoms with Gasteiger partial charge in [-0.3, -0.25) is 9.59 Å². The van der Waals surface area contributed by atoms with Crippen LogP contribution in [0, 0.1) is 5.92 Å². The van der Waals surface area contributed by atoms with Crippen molar-refractivity contribution in [3.63, 3.8) is 0 Å². The molecule has 26 heavy (non-hydrogen) atoms. The molecule has 0 aromatic heterocycles. The van der Waals surface area contributed by atoms with E-state index in [0.29, 0.717) is 49.5 Å². The number of fused-ring (bicyclic) bond motifs is 1. The maximum Gasteiger partial charge on any atom is 0.253 e. The fraction of sp³-hybridized carbons (Fsp3) is 0.579. The van der Waals surface area contributed by atoms with Crippen LogP contribution in [-0.2, 0) is 9.53 Å². The summed E-state index contributed by atoms with van der Waals surface area (Å²) in [5, 5.41) is 3.00. The van der Waals surface area contributed by atoms with Crippen molar-refractivity contribution in [2.24, 2.45) is 5.92 Å². The SMILES string of the molecule is O=C(NCC1CCCO1)C1CCN(C(=O)c2ccc3c(c2)OCO3)CC1. The fourth-order valence-electron chi connectivity index (χ4n) is 3.72. The maximum atomic E-state index is 12.7. The highest BCUT2D eigenvalue weighted by molar-refractivity contribution is 5.95. The Labute approximate surface area is 152 Å². The van der Waals surface area contributed by atoms with Gasteiger partial charge in [-0.1, -0.05) is 0 Å². The van der Waals surface area contributed by atoms with Crippen molar-refractivity contribution < 1.29 is 23.8 Å². The topological polar surface area (TPSA) is 77.1 Å². The summed E-state index contributed by atoms with van der Waals surface area (Å²) in [4.78, 5) is 26.8. The first kappa shape index (κ1) is 17.1. The van der Waals surface area contributed by atoms with Crippen LogP contribution in [0.15, 0.2) is 18.2 Å². The van der Waals surface area contributed by atoms with Crippen LogP contribution in [0.1, 0.15) is 36.0 Å². The Bertz CT molecular complexity index is 679. The van der Waals surface area contributed by atoms with Crippen molar-refractivity contribution in [2.45, 2.75) is 31.8 Å². The van der Waals surface area contributed by atoms with Crippen LogP contribution in [0.4, 0.5) is 0 Å². The predicted molar refractivity (Wildman–Crippen MR) is 93.2 cm³/mol. The lowest BCUT2D eigenvalue weighted by Gasteiger charge is -2.31. The lowest BCUT2D eigenvalue weighted by Crippen LogP contribution is -2.44. The minimum atomic E-state index is -0.0304. The Morgan fingerprint density at radius 3 is 2.69 bits per heavy atom. The predicted octanol–water partition coefficient (Wildman–Crippen LogP) is 1.56. The van der Waals surface area contributed by atoms with E-state index in [-0.39, 0.29) is 30.6 Å². The monoisotopic (exact) mass is 360 g/mol. The van der Waals surface area contributed by atoms with E-state index in [1.807, 2.05) is 0 Å². The number of rotatable bonds is 4. The number of piperidine rings is 1. The molecule has 1 atom stereocenters. The quantitative estimate of drug-likeness (QED) is 0.882. The summed E-state index contributed by atoms with van der Waals surface area (Å²) in [5.74, 6) is 1.30. The van der Waals surface area contributed by atoms with Crippen LogP contribution in [0.3, 0.4) is 0 Å². The van der Waals surface area contributed by atoms with Gasteiger partial charge in [0.05, 0.1) is 6.10 Å². The second kappa shape index (κ2) is 7.53. The van der Waals surface area contributed by atoms with Gasteiger partial charge in [-0.15, -0.1) is 0 Å². The van der Waals surface area contributed by atoms with Gasteiger partial charge in [0.1, 0.15) is 0 Å². The van der Waals surface area contributed by atoms with Gasteiger partial charge in [0.2, 0.25) is 12.7 Å². The van der Waals surface area contributed by atoms with E-state index >= 15 is 0 Å². The summed E-state index contributed by atoms with van der Waals surface area (Å²) in [7, 11) is 0. The molecule has 1 aromatic rings. The van der Waals surface area contributed by atoms with Crippen molar-refractivity contribution >= 4 is 11.8 Å². The van der Waals surface area contributed by atoms with Crippen LogP contribution >= 0.6 is 0 Å². The zero-order valence-corrected chi connectivity index (χ0v) is 14.7. The van der Waals surface area contributed by atoms with Crippen molar-refractivity contribution in [1.82, 2.24) is 10.2 Å². The van der Waals surface area contributed by atoms with Gasteiger partial charge >= 0.3 is 0 Å². The van der Waals surface area contributed by atoms with Crippen molar-refractivity contribution in [3.8, 4) is 11.5 Å². The molecule has 4 rings (SSSR count). The molecular weight excluding hydrogens is 336 g/mol. The summed E-state index contributed by atoms with van der Waals surface area (Å²) >= 11 is 0. The molecule has 2 fully saturated rings. The summed E-state index contributed by atoms with van der Waals surface area (Å²) in [6.45, 7) is 2.76. The third kappa shape index (κ3) is 3.62. The number of hydrogen-bond donors (Lipinski definition) is 1. The average molecular weight is 360 g/mol. The van der Waals surface area contributed by atoms with E-state index in [9.17, 15) is 9.59 Å². The molecule has 0 saturated carbocycles. The molecule has 0 bridgehead atoms. The standard InChI is InChI=1S/C19H24N2O5/c22-18(20-11-15-2-1-9-24-15)13-5-7-21(8-6-13)19(23)14-3-4-16-17(10-14)26-12-25-16/h3-4,10,13,15H,1-2,5-9,11-12H2,(H,20,22). The van der Waals surface area contributed by atoms with Gasteiger partial charge in [-0.05, 0) is 43.9 Å². The van der Waals surface area contributed by atoms with E-state index in [2.05, 4.69) is 5.32 Å². The molecule has 0 radical (unpaired) electrons. The molecule has 1 unspecified atom stereocenters. The average Bonchev–Trinajstić information content (AvgIpc) is 3.36. The zero-order valence-electron chi connectivity index (χ0n) is 14.7. The minimum Gasteiger partial charge on any atom is -0.454 e. The summed E-state index contributed by atoms with van der Waals surface area (Å²) in [6.07, 6.45) is 3.62. The van der Waals surface area contributed by atoms with Gasteiger partial charge in [0, 0.05) is 37.7 Å². The zero-order chi connectivity index (χ0) is 17.9. The van der Waals surface area contributed by atoms with E-state index in [1.165, 1.54) is 0 Å². The largest absolute Gasteiger partial charge is 0.454 e. The Morgan fingerprint density at radius 2 is 1.92 bits per heavy atom. The first-order chi connectivity index (χ1) is 12.7. The molecule has 7 nitrogen and oxygen atoms in total. The number of hydrogen-bond acceptors (Lipinski definition) is 5. The summed E-state index contributed by atoms with van der Waals surface area (Å²) < 4.78 is 16.1. The highest BCUT2D eigenvalue weighted by atomic mass is 16.7. The molecule has 7 heteroatoms. The molecular formula is C19H24N2O5. The number of nitrogens with zero attached hydrogens (tertiary/aromatic N) is 1. The van der Waals surface area contributed by atoms with E-state index in [1.54, 1.807) is 23.1 Å². The highest BCUT2D eigenvalue weighted by Gasteiger charge is 2.29. The third-order valence-corrected chi connectivity index (χ3v) is 5.30. The molecule has 0 spiro atoms. The van der Waals surface area contributed by atoms with Crippen LogP contribution in [-0.4, -0.2) is 55.9 Å². The van der Waals surface area contributed by atoms with Gasteiger partial charge in [0.25, 0.3) is 5.91 Å². The van der Waals surface area contributed by atoms with Crippen molar-refractivity contribution in [3.05, 3.63) is 23.8 Å². The normalized spacial score (nSPS) is 22.5. The van der Waals surface area contributed by atoms with Crippen LogP contribution in [0.25, 0.3) is 0 Å². The number of carbonyl (C=O) groups excluding carboxylic acids is 2. The molecule has 3 heterocycles. The Morgan fingerprint density at radius 1 is 1.12 bits per heavy atom. The molecule has 2 saturated heterocycles. The van der Waals surface area contributed by atoms with Gasteiger partial charge in [0.15, 0.2) is 11.5 Å². The third-order valence-electron chi connectivity index (χ3n) is 5.30. The van der Waals surface area contributed by atoms with Crippen molar-refractivity contribution in [1.29, 1.82) is 0 Å². The van der Waals surface area contributed by atoms with Crippen LogP contribution in [0.5, 0.6) is 11.5 Å². The van der Waals surface area contributed by atoms with Gasteiger partial charge in [-0.25, -0.2) is 0 Å².